The van der Waals surface area contributed by atoms with Crippen LogP contribution < -0.4 is 5.32 Å². The lowest BCUT2D eigenvalue weighted by atomic mass is 10.0. The van der Waals surface area contributed by atoms with Crippen LogP contribution in [0.25, 0.3) is 0 Å². The number of amides is 1. The van der Waals surface area contributed by atoms with E-state index in [-0.39, 0.29) is 12.5 Å². The molecule has 0 aliphatic rings. The molecule has 0 aromatic carbocycles. The van der Waals surface area contributed by atoms with E-state index in [2.05, 4.69) is 31.3 Å². The fraction of sp³-hybridized carbons (Fsp3) is 0.907. The minimum absolute atomic E-state index is 0.0604. The van der Waals surface area contributed by atoms with Crippen LogP contribution in [0.4, 0.5) is 0 Å². The maximum Gasteiger partial charge on any atom is 0.220 e. The molecule has 58 heavy (non-hydrogen) atoms. The van der Waals surface area contributed by atoms with Crippen LogP contribution in [0.2, 0.25) is 0 Å². The van der Waals surface area contributed by atoms with Gasteiger partial charge in [0.2, 0.25) is 5.91 Å². The van der Waals surface area contributed by atoms with Crippen molar-refractivity contribution in [2.24, 2.45) is 0 Å². The van der Waals surface area contributed by atoms with E-state index in [1.54, 1.807) is 6.08 Å². The molecule has 2 unspecified atom stereocenters. The van der Waals surface area contributed by atoms with Crippen molar-refractivity contribution in [1.29, 1.82) is 0 Å². The molecule has 0 spiro atoms. The number of allylic oxidation sites excluding steroid dienone is 3. The number of hydrogen-bond acceptors (Lipinski definition) is 3. The highest BCUT2D eigenvalue weighted by Gasteiger charge is 2.18. The summed E-state index contributed by atoms with van der Waals surface area (Å²) < 4.78 is 0. The molecule has 3 N–H and O–H groups in total. The van der Waals surface area contributed by atoms with Crippen LogP contribution in [-0.2, 0) is 4.79 Å². The number of nitrogens with one attached hydrogen (secondary N) is 1. The van der Waals surface area contributed by atoms with Gasteiger partial charge in [0, 0.05) is 6.42 Å². The van der Waals surface area contributed by atoms with Crippen LogP contribution >= 0.6 is 0 Å². The van der Waals surface area contributed by atoms with Crippen molar-refractivity contribution >= 4 is 5.91 Å². The summed E-state index contributed by atoms with van der Waals surface area (Å²) in [5.41, 5.74) is 0. The quantitative estimate of drug-likeness (QED) is 0.0423. The van der Waals surface area contributed by atoms with Crippen molar-refractivity contribution in [1.82, 2.24) is 5.32 Å². The topological polar surface area (TPSA) is 69.6 Å². The van der Waals surface area contributed by atoms with Crippen molar-refractivity contribution in [3.05, 3.63) is 24.3 Å². The third kappa shape index (κ3) is 45.9. The van der Waals surface area contributed by atoms with Gasteiger partial charge in [-0.15, -0.1) is 0 Å². The number of rotatable bonds is 49. The second kappa shape index (κ2) is 50.2. The molecule has 0 saturated heterocycles. The normalized spacial score (nSPS) is 13.0. The van der Waals surface area contributed by atoms with Gasteiger partial charge in [-0.3, -0.25) is 4.79 Å². The van der Waals surface area contributed by atoms with Gasteiger partial charge >= 0.3 is 0 Å². The maximum atomic E-state index is 12.4. The third-order valence-corrected chi connectivity index (χ3v) is 12.4. The summed E-state index contributed by atoms with van der Waals surface area (Å²) in [5, 5.41) is 23.1. The second-order valence-electron chi connectivity index (χ2n) is 18.3. The Balaban J connectivity index is 3.48. The molecule has 1 amide bonds. The van der Waals surface area contributed by atoms with Gasteiger partial charge in [0.05, 0.1) is 18.8 Å². The average Bonchev–Trinajstić information content (AvgIpc) is 3.23. The minimum atomic E-state index is -0.838. The van der Waals surface area contributed by atoms with Gasteiger partial charge in [-0.1, -0.05) is 269 Å². The van der Waals surface area contributed by atoms with Gasteiger partial charge in [0.15, 0.2) is 0 Å². The van der Waals surface area contributed by atoms with E-state index in [9.17, 15) is 15.0 Å². The zero-order chi connectivity index (χ0) is 42.1. The van der Waals surface area contributed by atoms with E-state index in [1.807, 2.05) is 6.08 Å². The Morgan fingerprint density at radius 1 is 0.397 bits per heavy atom. The SMILES string of the molecule is CCCCCCCCCCCCCC/C=C\CCCCCCCCCCCCCC(=O)NC(CO)C(O)/C=C/CCCCCCCCCCCCCCCCCCC. The summed E-state index contributed by atoms with van der Waals surface area (Å²) in [6, 6.07) is -0.621. The molecule has 0 heterocycles. The summed E-state index contributed by atoms with van der Waals surface area (Å²) in [6.45, 7) is 4.34. The Morgan fingerprint density at radius 3 is 0.948 bits per heavy atom. The van der Waals surface area contributed by atoms with Crippen LogP contribution in [0.5, 0.6) is 0 Å². The molecule has 0 bridgehead atoms. The first-order chi connectivity index (χ1) is 28.7. The van der Waals surface area contributed by atoms with Crippen molar-refractivity contribution in [3.63, 3.8) is 0 Å². The van der Waals surface area contributed by atoms with Gasteiger partial charge in [-0.2, -0.15) is 0 Å². The predicted molar refractivity (Wildman–Crippen MR) is 258 cm³/mol. The van der Waals surface area contributed by atoms with Gasteiger partial charge in [0.1, 0.15) is 0 Å². The maximum absolute atomic E-state index is 12.4. The third-order valence-electron chi connectivity index (χ3n) is 12.4. The highest BCUT2D eigenvalue weighted by molar-refractivity contribution is 5.76. The first-order valence-electron chi connectivity index (χ1n) is 26.6. The van der Waals surface area contributed by atoms with Gasteiger partial charge in [-0.05, 0) is 44.9 Å². The number of carbonyl (C=O) groups excluding carboxylic acids is 1. The van der Waals surface area contributed by atoms with Crippen molar-refractivity contribution in [3.8, 4) is 0 Å². The van der Waals surface area contributed by atoms with E-state index in [4.69, 9.17) is 0 Å². The van der Waals surface area contributed by atoms with Gasteiger partial charge in [0.25, 0.3) is 0 Å². The molecule has 0 aromatic rings. The standard InChI is InChI=1S/C54H105NO3/c1-3-5-7-9-11-13-15-17-19-21-23-24-25-26-27-28-29-30-32-34-36-38-40-42-44-46-48-50-54(58)55-52(51-56)53(57)49-47-45-43-41-39-37-35-33-31-22-20-18-16-14-12-10-8-6-4-2/h26-27,47,49,52-53,56-57H,3-25,28-46,48,50-51H2,1-2H3,(H,55,58)/b27-26-,49-47+. The lowest BCUT2D eigenvalue weighted by Crippen LogP contribution is -2.45. The fourth-order valence-corrected chi connectivity index (χ4v) is 8.35. The van der Waals surface area contributed by atoms with Crippen LogP contribution in [-0.4, -0.2) is 34.9 Å². The molecule has 0 saturated carbocycles. The van der Waals surface area contributed by atoms with E-state index in [0.29, 0.717) is 6.42 Å². The minimum Gasteiger partial charge on any atom is -0.394 e. The molecule has 0 radical (unpaired) electrons. The van der Waals surface area contributed by atoms with E-state index >= 15 is 0 Å². The van der Waals surface area contributed by atoms with Crippen molar-refractivity contribution in [2.75, 3.05) is 6.61 Å². The fourth-order valence-electron chi connectivity index (χ4n) is 8.35. The second-order valence-corrected chi connectivity index (χ2v) is 18.3. The molecular weight excluding hydrogens is 711 g/mol. The Kier molecular flexibility index (Phi) is 49.2. The zero-order valence-electron chi connectivity index (χ0n) is 39.6. The molecule has 4 nitrogen and oxygen atoms in total. The summed E-state index contributed by atoms with van der Waals surface area (Å²) in [7, 11) is 0. The van der Waals surface area contributed by atoms with E-state index in [1.165, 1.54) is 250 Å². The lowest BCUT2D eigenvalue weighted by Gasteiger charge is -2.20. The Bertz CT molecular complexity index is 840. The number of aliphatic hydroxyl groups is 2. The number of carbonyl (C=O) groups is 1. The highest BCUT2D eigenvalue weighted by atomic mass is 16.3. The molecule has 4 heteroatoms. The summed E-state index contributed by atoms with van der Waals surface area (Å²) in [4.78, 5) is 12.4. The molecule has 0 aromatic heterocycles. The first-order valence-corrected chi connectivity index (χ1v) is 26.6. The number of unbranched alkanes of at least 4 members (excludes halogenated alkanes) is 40. The molecule has 0 aliphatic heterocycles. The first kappa shape index (κ1) is 56.9. The Morgan fingerprint density at radius 2 is 0.655 bits per heavy atom. The van der Waals surface area contributed by atoms with Crippen LogP contribution in [0.15, 0.2) is 24.3 Å². The molecule has 2 atom stereocenters. The van der Waals surface area contributed by atoms with Crippen LogP contribution in [0.3, 0.4) is 0 Å². The molecular formula is C54H105NO3. The summed E-state index contributed by atoms with van der Waals surface area (Å²) in [6.07, 6.45) is 66.1. The van der Waals surface area contributed by atoms with Gasteiger partial charge < -0.3 is 15.5 Å². The summed E-state index contributed by atoms with van der Waals surface area (Å²) >= 11 is 0. The monoisotopic (exact) mass is 816 g/mol. The molecule has 344 valence electrons. The highest BCUT2D eigenvalue weighted by Crippen LogP contribution is 2.17. The Hall–Kier alpha value is -1.13. The Labute approximate surface area is 364 Å². The largest absolute Gasteiger partial charge is 0.394 e. The van der Waals surface area contributed by atoms with Crippen LogP contribution in [0, 0.1) is 0 Å². The van der Waals surface area contributed by atoms with E-state index < -0.39 is 12.1 Å². The molecule has 0 rings (SSSR count). The lowest BCUT2D eigenvalue weighted by molar-refractivity contribution is -0.123. The van der Waals surface area contributed by atoms with Crippen molar-refractivity contribution < 1.29 is 15.0 Å². The molecule has 0 fully saturated rings. The number of hydrogen-bond donors (Lipinski definition) is 3. The predicted octanol–water partition coefficient (Wildman–Crippen LogP) is 17.1. The van der Waals surface area contributed by atoms with Gasteiger partial charge in [-0.25, -0.2) is 0 Å². The smallest absolute Gasteiger partial charge is 0.220 e. The van der Waals surface area contributed by atoms with Crippen molar-refractivity contribution in [2.45, 2.75) is 309 Å². The zero-order valence-corrected chi connectivity index (χ0v) is 39.6. The number of aliphatic hydroxyl groups excluding tert-OH is 2. The summed E-state index contributed by atoms with van der Waals surface area (Å²) in [5.74, 6) is -0.0604. The molecule has 0 aliphatic carbocycles. The van der Waals surface area contributed by atoms with Crippen LogP contribution in [0.1, 0.15) is 296 Å². The van der Waals surface area contributed by atoms with E-state index in [0.717, 1.165) is 25.7 Å². The average molecular weight is 816 g/mol.